The van der Waals surface area contributed by atoms with Crippen LogP contribution in [0.4, 0.5) is 0 Å². The molecule has 0 aliphatic carbocycles. The number of rotatable bonds is 45. The van der Waals surface area contributed by atoms with Gasteiger partial charge in [-0.15, -0.1) is 0 Å². The summed E-state index contributed by atoms with van der Waals surface area (Å²) in [6.45, 7) is 4.12. The number of allylic oxidation sites excluding steroid dienone is 7. The van der Waals surface area contributed by atoms with Gasteiger partial charge in [-0.05, 0) is 64.2 Å². The Kier molecular flexibility index (Phi) is 45.6. The van der Waals surface area contributed by atoms with Crippen molar-refractivity contribution in [2.75, 3.05) is 6.61 Å². The number of unbranched alkanes of at least 4 members (excludes halogenated alkanes) is 31. The predicted octanol–water partition coefficient (Wildman–Crippen LogP) is 14.9. The molecule has 0 aliphatic heterocycles. The van der Waals surface area contributed by atoms with E-state index in [1.54, 1.807) is 6.08 Å². The summed E-state index contributed by atoms with van der Waals surface area (Å²) in [7, 11) is 0. The van der Waals surface area contributed by atoms with Crippen LogP contribution in [0.3, 0.4) is 0 Å². The molecule has 0 aromatic heterocycles. The third-order valence-corrected chi connectivity index (χ3v) is 11.4. The quantitative estimate of drug-likeness (QED) is 0.0365. The van der Waals surface area contributed by atoms with Crippen molar-refractivity contribution in [3.63, 3.8) is 0 Å². The molecule has 0 rings (SSSR count). The first-order valence-electron chi connectivity index (χ1n) is 25.0. The summed E-state index contributed by atoms with van der Waals surface area (Å²) in [4.78, 5) is 12.5. The van der Waals surface area contributed by atoms with E-state index in [1.165, 1.54) is 186 Å². The monoisotopic (exact) mass is 800 g/mol. The molecule has 0 heterocycles. The topological polar surface area (TPSA) is 89.8 Å². The summed E-state index contributed by atoms with van der Waals surface area (Å²) in [5.41, 5.74) is 0. The van der Waals surface area contributed by atoms with Gasteiger partial charge in [0, 0.05) is 0 Å². The van der Waals surface area contributed by atoms with Crippen molar-refractivity contribution < 1.29 is 20.1 Å². The number of amides is 1. The number of nitrogens with one attached hydrogen (secondary N) is 1. The van der Waals surface area contributed by atoms with Gasteiger partial charge in [0.2, 0.25) is 5.91 Å². The van der Waals surface area contributed by atoms with Crippen LogP contribution in [-0.4, -0.2) is 46.1 Å². The van der Waals surface area contributed by atoms with Crippen molar-refractivity contribution >= 4 is 5.91 Å². The van der Waals surface area contributed by atoms with Gasteiger partial charge in [0.05, 0.1) is 18.8 Å². The lowest BCUT2D eigenvalue weighted by Crippen LogP contribution is -2.48. The summed E-state index contributed by atoms with van der Waals surface area (Å²) in [5.74, 6) is -0.517. The molecule has 334 valence electrons. The Morgan fingerprint density at radius 3 is 1.12 bits per heavy atom. The third-order valence-electron chi connectivity index (χ3n) is 11.4. The third kappa shape index (κ3) is 42.2. The van der Waals surface area contributed by atoms with E-state index < -0.39 is 24.2 Å². The summed E-state index contributed by atoms with van der Waals surface area (Å²) in [6, 6.07) is -0.820. The summed E-state index contributed by atoms with van der Waals surface area (Å²) in [5, 5.41) is 33.1. The molecule has 3 atom stereocenters. The molecule has 0 aromatic carbocycles. The van der Waals surface area contributed by atoms with Crippen LogP contribution in [-0.2, 0) is 4.79 Å². The molecule has 0 spiro atoms. The van der Waals surface area contributed by atoms with Crippen LogP contribution in [0, 0.1) is 0 Å². The fraction of sp³-hybridized carbons (Fsp3) is 0.827. The second kappa shape index (κ2) is 47.0. The molecular formula is C52H97NO4. The van der Waals surface area contributed by atoms with E-state index in [0.29, 0.717) is 6.42 Å². The van der Waals surface area contributed by atoms with Crippen LogP contribution in [0.2, 0.25) is 0 Å². The Labute approximate surface area is 355 Å². The maximum Gasteiger partial charge on any atom is 0.249 e. The van der Waals surface area contributed by atoms with Gasteiger partial charge in [-0.1, -0.05) is 236 Å². The Morgan fingerprint density at radius 2 is 0.737 bits per heavy atom. The van der Waals surface area contributed by atoms with Gasteiger partial charge >= 0.3 is 0 Å². The molecule has 0 bridgehead atoms. The van der Waals surface area contributed by atoms with E-state index in [4.69, 9.17) is 0 Å². The lowest BCUT2D eigenvalue weighted by atomic mass is 10.0. The van der Waals surface area contributed by atoms with Crippen LogP contribution in [0.1, 0.15) is 251 Å². The number of hydrogen-bond acceptors (Lipinski definition) is 4. The molecule has 0 aromatic rings. The van der Waals surface area contributed by atoms with Crippen LogP contribution in [0.25, 0.3) is 0 Å². The molecule has 0 aliphatic rings. The van der Waals surface area contributed by atoms with Gasteiger partial charge < -0.3 is 20.6 Å². The highest BCUT2D eigenvalue weighted by Crippen LogP contribution is 2.16. The molecule has 0 saturated heterocycles. The first-order valence-corrected chi connectivity index (χ1v) is 25.0. The zero-order chi connectivity index (χ0) is 41.5. The summed E-state index contributed by atoms with van der Waals surface area (Å²) >= 11 is 0. The first kappa shape index (κ1) is 55.3. The molecule has 5 heteroatoms. The average molecular weight is 800 g/mol. The maximum absolute atomic E-state index is 12.5. The van der Waals surface area contributed by atoms with Crippen LogP contribution in [0.15, 0.2) is 48.6 Å². The molecule has 0 radical (unpaired) electrons. The molecule has 3 unspecified atom stereocenters. The SMILES string of the molecule is CCCC/C=C/CC/C=C/CC/C=C/C(O)C(CO)NC(=O)C(O)CCCCCCCCCCCCCCCCC/C=C\CCCCCCCCCCCCCC. The zero-order valence-corrected chi connectivity index (χ0v) is 38.0. The predicted molar refractivity (Wildman–Crippen MR) is 250 cm³/mol. The largest absolute Gasteiger partial charge is 0.394 e. The van der Waals surface area contributed by atoms with Crippen LogP contribution >= 0.6 is 0 Å². The second-order valence-electron chi connectivity index (χ2n) is 17.0. The second-order valence-corrected chi connectivity index (χ2v) is 17.0. The van der Waals surface area contributed by atoms with Crippen molar-refractivity contribution in [2.24, 2.45) is 0 Å². The maximum atomic E-state index is 12.5. The lowest BCUT2D eigenvalue weighted by molar-refractivity contribution is -0.131. The zero-order valence-electron chi connectivity index (χ0n) is 38.0. The van der Waals surface area contributed by atoms with E-state index in [-0.39, 0.29) is 6.61 Å². The average Bonchev–Trinajstić information content (AvgIpc) is 3.22. The van der Waals surface area contributed by atoms with Gasteiger partial charge in [-0.25, -0.2) is 0 Å². The molecule has 0 fully saturated rings. The minimum Gasteiger partial charge on any atom is -0.394 e. The van der Waals surface area contributed by atoms with E-state index >= 15 is 0 Å². The minimum absolute atomic E-state index is 0.381. The standard InChI is InChI=1S/C52H97NO4/c1-3-5-7-9-11-13-15-17-18-19-20-21-22-23-24-25-26-27-28-29-30-31-32-33-34-35-37-39-41-43-45-47-51(56)52(57)53-49(48-54)50(55)46-44-42-40-38-36-16-14-12-10-8-6-4-2/h10,12,23-24,36,38,44,46,49-51,54-56H,3-9,11,13-22,25-35,37,39-43,45,47-48H2,1-2H3,(H,53,57)/b12-10+,24-23-,38-36+,46-44+. The number of carbonyl (C=O) groups is 1. The highest BCUT2D eigenvalue weighted by molar-refractivity contribution is 5.80. The molecule has 1 amide bonds. The number of hydrogen-bond donors (Lipinski definition) is 4. The van der Waals surface area contributed by atoms with E-state index in [0.717, 1.165) is 44.9 Å². The van der Waals surface area contributed by atoms with E-state index in [1.807, 2.05) is 6.08 Å². The fourth-order valence-corrected chi connectivity index (χ4v) is 7.43. The molecule has 5 nitrogen and oxygen atoms in total. The van der Waals surface area contributed by atoms with E-state index in [9.17, 15) is 20.1 Å². The van der Waals surface area contributed by atoms with Crippen LogP contribution < -0.4 is 5.32 Å². The van der Waals surface area contributed by atoms with Crippen molar-refractivity contribution in [1.29, 1.82) is 0 Å². The highest BCUT2D eigenvalue weighted by Gasteiger charge is 2.22. The van der Waals surface area contributed by atoms with E-state index in [2.05, 4.69) is 55.6 Å². The van der Waals surface area contributed by atoms with Gasteiger partial charge in [0.15, 0.2) is 0 Å². The van der Waals surface area contributed by atoms with Gasteiger partial charge in [-0.2, -0.15) is 0 Å². The van der Waals surface area contributed by atoms with Crippen LogP contribution in [0.5, 0.6) is 0 Å². The molecule has 0 saturated carbocycles. The lowest BCUT2D eigenvalue weighted by Gasteiger charge is -2.21. The first-order chi connectivity index (χ1) is 28.1. The smallest absolute Gasteiger partial charge is 0.249 e. The highest BCUT2D eigenvalue weighted by atomic mass is 16.3. The number of aliphatic hydroxyl groups excluding tert-OH is 3. The summed E-state index contributed by atoms with van der Waals surface area (Å²) < 4.78 is 0. The van der Waals surface area contributed by atoms with Crippen molar-refractivity contribution in [3.05, 3.63) is 48.6 Å². The Morgan fingerprint density at radius 1 is 0.421 bits per heavy atom. The fourth-order valence-electron chi connectivity index (χ4n) is 7.43. The number of carbonyl (C=O) groups excluding carboxylic acids is 1. The number of aliphatic hydroxyl groups is 3. The van der Waals surface area contributed by atoms with Gasteiger partial charge in [0.25, 0.3) is 0 Å². The Balaban J connectivity index is 3.54. The molecule has 4 N–H and O–H groups in total. The van der Waals surface area contributed by atoms with Crippen molar-refractivity contribution in [3.8, 4) is 0 Å². The van der Waals surface area contributed by atoms with Crippen molar-refractivity contribution in [1.82, 2.24) is 5.32 Å². The summed E-state index contributed by atoms with van der Waals surface area (Å²) in [6.07, 6.45) is 61.8. The minimum atomic E-state index is -1.11. The molecular weight excluding hydrogens is 703 g/mol. The Hall–Kier alpha value is -1.69. The van der Waals surface area contributed by atoms with Crippen molar-refractivity contribution in [2.45, 2.75) is 270 Å². The Bertz CT molecular complexity index is 927. The molecule has 57 heavy (non-hydrogen) atoms. The van der Waals surface area contributed by atoms with Gasteiger partial charge in [-0.3, -0.25) is 4.79 Å². The van der Waals surface area contributed by atoms with Gasteiger partial charge in [0.1, 0.15) is 6.10 Å². The normalized spacial score (nSPS) is 13.8.